The Morgan fingerprint density at radius 3 is 0.495 bits per heavy atom. The number of alkyl halides is 18. The first kappa shape index (κ1) is 99.9. The number of carboxylic acid groups (broad SMARTS) is 6. The number of rotatable bonds is 18. The van der Waals surface area contributed by atoms with Crippen LogP contribution in [0.2, 0.25) is 0 Å². The summed E-state index contributed by atoms with van der Waals surface area (Å²) in [5, 5.41) is 52.7. The standard InChI is InChI=1S/3C16H23N3.6C2HF3O2.2H3N/c3*1-18-11-5-15(6-12-18)16-7-13-19(14-8-16)10-4-2-3-9-17;6*3-2(4,5)1(6)7;;/h3*5-8,11-14H,2-4,9-10,17H2,1H3;6*(H,6,7);2*1H3/q3*+2;;;;;;;;/p-6. The van der Waals surface area contributed by atoms with E-state index in [4.69, 9.17) is 76.6 Å². The Balaban J connectivity index is -0.000000357. The zero-order valence-corrected chi connectivity index (χ0v) is 54.0. The maximum atomic E-state index is 10.5. The number of nitrogens with zero attached hydrogens (tertiary/aromatic N) is 6. The van der Waals surface area contributed by atoms with Crippen LogP contribution in [0.1, 0.15) is 57.8 Å². The number of carboxylic acids is 6. The van der Waals surface area contributed by atoms with Crippen LogP contribution in [0.5, 0.6) is 0 Å². The van der Waals surface area contributed by atoms with Crippen molar-refractivity contribution in [1.82, 2.24) is 12.3 Å². The molecule has 0 aromatic carbocycles. The number of aryl methyl sites for hydroxylation is 6. The molecule has 0 unspecified atom stereocenters. The van der Waals surface area contributed by atoms with E-state index in [1.165, 1.54) is 71.9 Å². The predicted octanol–water partition coefficient (Wildman–Crippen LogP) is 0.899. The monoisotopic (exact) mass is 1480 g/mol. The number of halogens is 18. The van der Waals surface area contributed by atoms with E-state index in [1.54, 1.807) is 0 Å². The van der Waals surface area contributed by atoms with Crippen molar-refractivity contribution in [3.63, 3.8) is 0 Å². The summed E-state index contributed by atoms with van der Waals surface area (Å²) in [6, 6.07) is 25.9. The summed E-state index contributed by atoms with van der Waals surface area (Å²) >= 11 is 0. The molecule has 0 saturated heterocycles. The topological polar surface area (TPSA) is 412 Å². The van der Waals surface area contributed by atoms with E-state index in [2.05, 4.69) is 161 Å². The lowest BCUT2D eigenvalue weighted by Gasteiger charge is -2.03. The quantitative estimate of drug-likeness (QED) is 0.0453. The lowest BCUT2D eigenvalue weighted by atomic mass is 10.1. The summed E-state index contributed by atoms with van der Waals surface area (Å²) in [7, 11) is 6.10. The number of aromatic nitrogens is 6. The second kappa shape index (κ2) is 50.6. The third-order valence-corrected chi connectivity index (χ3v) is 11.4. The van der Waals surface area contributed by atoms with Gasteiger partial charge in [-0.2, -0.15) is 79.0 Å². The number of pyridine rings is 6. The summed E-state index contributed by atoms with van der Waals surface area (Å²) in [6.07, 6.45) is 4.80. The molecule has 0 amide bonds. The molecule has 23 nitrogen and oxygen atoms in total. The fraction of sp³-hybridized carbons (Fsp3) is 0.400. The van der Waals surface area contributed by atoms with Gasteiger partial charge in [0.2, 0.25) is 0 Å². The molecule has 41 heteroatoms. The number of nitrogens with two attached hydrogens (primary N) is 3. The molecule has 6 aromatic heterocycles. The van der Waals surface area contributed by atoms with Crippen molar-refractivity contribution in [2.24, 2.45) is 38.3 Å². The van der Waals surface area contributed by atoms with Crippen molar-refractivity contribution in [3.8, 4) is 33.4 Å². The number of hydrogen-bond donors (Lipinski definition) is 5. The Hall–Kier alpha value is -9.74. The first-order valence-electron chi connectivity index (χ1n) is 28.2. The molecule has 6 heterocycles. The molecule has 568 valence electrons. The van der Waals surface area contributed by atoms with E-state index in [-0.39, 0.29) is 12.3 Å². The first-order valence-corrected chi connectivity index (χ1v) is 28.2. The van der Waals surface area contributed by atoms with Gasteiger partial charge in [-0.15, -0.1) is 0 Å². The number of hydrogen-bond acceptors (Lipinski definition) is 17. The third-order valence-electron chi connectivity index (χ3n) is 11.4. The van der Waals surface area contributed by atoms with E-state index in [1.807, 2.05) is 34.8 Å². The van der Waals surface area contributed by atoms with E-state index < -0.39 is 72.9 Å². The molecule has 0 bridgehead atoms. The SMILES string of the molecule is C[n+]1ccc(-c2cc[n+](CCCCCN)cc2)cc1.C[n+]1ccc(-c2cc[n+](CCCCCN)cc2)cc1.C[n+]1ccc(-c2cc[n+](CCCCCN)cc2)cc1.N.N.O=C([O-])C(F)(F)F.O=C([O-])C(F)(F)F.O=C([O-])C(F)(F)F.O=C([O-])C(F)(F)F.O=C([O-])C(F)(F)F.O=C([O-])C(F)(F)F. The molecule has 0 fully saturated rings. The van der Waals surface area contributed by atoms with Gasteiger partial charge in [0.05, 0.1) is 0 Å². The number of carbonyl (C=O) groups excluding carboxylic acids is 6. The van der Waals surface area contributed by atoms with Gasteiger partial charge in [0, 0.05) is 92.1 Å². The van der Waals surface area contributed by atoms with Gasteiger partial charge >= 0.3 is 37.1 Å². The van der Waals surface area contributed by atoms with Crippen molar-refractivity contribution in [2.45, 2.75) is 114 Å². The molecule has 0 aliphatic rings. The minimum Gasteiger partial charge on any atom is -0.542 e. The highest BCUT2D eigenvalue weighted by Crippen LogP contribution is 2.19. The molecule has 101 heavy (non-hydrogen) atoms. The van der Waals surface area contributed by atoms with Gasteiger partial charge in [0.25, 0.3) is 0 Å². The van der Waals surface area contributed by atoms with Crippen LogP contribution in [0.15, 0.2) is 147 Å². The maximum Gasteiger partial charge on any atom is 0.430 e. The molecule has 0 saturated carbocycles. The first-order chi connectivity index (χ1) is 45.5. The van der Waals surface area contributed by atoms with Gasteiger partial charge in [-0.25, -0.2) is 27.4 Å². The van der Waals surface area contributed by atoms with Gasteiger partial charge in [-0.3, -0.25) is 0 Å². The minimum absolute atomic E-state index is 0. The molecule has 0 atom stereocenters. The van der Waals surface area contributed by atoms with E-state index >= 15 is 0 Å². The van der Waals surface area contributed by atoms with Crippen LogP contribution >= 0.6 is 0 Å². The lowest BCUT2D eigenvalue weighted by molar-refractivity contribution is -0.697. The maximum absolute atomic E-state index is 10.5. The van der Waals surface area contributed by atoms with E-state index in [0.717, 1.165) is 58.5 Å². The molecule has 12 N–H and O–H groups in total. The summed E-state index contributed by atoms with van der Waals surface area (Å²) in [5.41, 5.74) is 24.0. The molecule has 6 aromatic rings. The predicted molar refractivity (Wildman–Crippen MR) is 305 cm³/mol. The van der Waals surface area contributed by atoms with E-state index in [0.29, 0.717) is 0 Å². The fourth-order valence-corrected chi connectivity index (χ4v) is 6.32. The fourth-order valence-electron chi connectivity index (χ4n) is 6.32. The molecule has 0 radical (unpaired) electrons. The highest BCUT2D eigenvalue weighted by molar-refractivity contribution is 5.72. The van der Waals surface area contributed by atoms with Crippen molar-refractivity contribution in [1.29, 1.82) is 0 Å². The molecule has 0 aliphatic heterocycles. The number of aliphatic carboxylic acids is 6. The Morgan fingerprint density at radius 1 is 0.267 bits per heavy atom. The summed E-state index contributed by atoms with van der Waals surface area (Å²) in [5.74, 6) is -18.0. The normalized spacial score (nSPS) is 10.7. The summed E-state index contributed by atoms with van der Waals surface area (Å²) < 4.78 is 202. The van der Waals surface area contributed by atoms with E-state index in [9.17, 15) is 79.0 Å². The van der Waals surface area contributed by atoms with Crippen molar-refractivity contribution in [2.75, 3.05) is 19.6 Å². The number of unbranched alkanes of at least 4 members (excludes halogenated alkanes) is 6. The van der Waals surface area contributed by atoms with Crippen molar-refractivity contribution in [3.05, 3.63) is 147 Å². The van der Waals surface area contributed by atoms with Gasteiger partial charge in [-0.1, -0.05) is 0 Å². The zero-order chi connectivity index (χ0) is 77.0. The Kier molecular flexibility index (Phi) is 50.0. The average molecular weight is 1480 g/mol. The highest BCUT2D eigenvalue weighted by Gasteiger charge is 2.32. The van der Waals surface area contributed by atoms with Crippen molar-refractivity contribution < 1.29 is 166 Å². The van der Waals surface area contributed by atoms with Crippen LogP contribution in [0.4, 0.5) is 79.0 Å². The number of carbonyl (C=O) groups is 6. The van der Waals surface area contributed by atoms with Crippen LogP contribution in [0.3, 0.4) is 0 Å². The molecular weight excluding hydrogens is 1410 g/mol. The second-order valence-corrected chi connectivity index (χ2v) is 19.5. The molecule has 0 aliphatic carbocycles. The van der Waals surface area contributed by atoms with Crippen LogP contribution in [0, 0.1) is 0 Å². The molecular formula is C60H75F18N11O12. The zero-order valence-electron chi connectivity index (χ0n) is 54.0. The Labute approximate surface area is 565 Å². The van der Waals surface area contributed by atoms with Crippen LogP contribution < -0.4 is 87.5 Å². The Morgan fingerprint density at radius 2 is 0.386 bits per heavy atom. The molecule has 6 rings (SSSR count). The molecule has 0 spiro atoms. The average Bonchev–Trinajstić information content (AvgIpc) is 0.871. The highest BCUT2D eigenvalue weighted by atomic mass is 19.4. The van der Waals surface area contributed by atoms with Gasteiger partial charge in [-0.05, 0) is 91.5 Å². The Bertz CT molecular complexity index is 2840. The van der Waals surface area contributed by atoms with Gasteiger partial charge in [0.1, 0.15) is 76.6 Å². The minimum atomic E-state index is -5.19. The van der Waals surface area contributed by atoms with Crippen LogP contribution in [-0.2, 0) is 69.5 Å². The van der Waals surface area contributed by atoms with Crippen molar-refractivity contribution >= 4 is 35.8 Å². The summed E-state index contributed by atoms with van der Waals surface area (Å²) in [4.78, 5) is 52.7. The lowest BCUT2D eigenvalue weighted by Crippen LogP contribution is -2.37. The van der Waals surface area contributed by atoms with Gasteiger partial charge < -0.3 is 88.9 Å². The third kappa shape index (κ3) is 52.0. The second-order valence-electron chi connectivity index (χ2n) is 19.5. The van der Waals surface area contributed by atoms with Crippen LogP contribution in [0.25, 0.3) is 33.4 Å². The van der Waals surface area contributed by atoms with Crippen LogP contribution in [-0.4, -0.2) is 92.5 Å². The smallest absolute Gasteiger partial charge is 0.430 e. The van der Waals surface area contributed by atoms with Gasteiger partial charge in [0.15, 0.2) is 74.4 Å². The largest absolute Gasteiger partial charge is 0.542 e. The summed E-state index contributed by atoms with van der Waals surface area (Å²) in [6.45, 7) is 5.62.